The van der Waals surface area contributed by atoms with E-state index in [0.29, 0.717) is 0 Å². The van der Waals surface area contributed by atoms with Crippen LogP contribution in [0.15, 0.2) is 59.6 Å². The molecule has 0 aliphatic carbocycles. The Kier molecular flexibility index (Phi) is 4.02. The maximum Gasteiger partial charge on any atom is 0.0945 e. The molecule has 0 saturated heterocycles. The fraction of sp³-hybridized carbons (Fsp3) is 0.188. The van der Waals surface area contributed by atoms with Gasteiger partial charge in [-0.15, -0.1) is 0 Å². The Hall–Kier alpha value is -1.81. The summed E-state index contributed by atoms with van der Waals surface area (Å²) in [5.41, 5.74) is 1.19. The fourth-order valence-corrected chi connectivity index (χ4v) is 2.80. The summed E-state index contributed by atoms with van der Waals surface area (Å²) >= 11 is 3.60. The number of fused-ring (bicyclic) bond motifs is 1. The van der Waals surface area contributed by atoms with Gasteiger partial charge in [-0.2, -0.15) is 0 Å². The molecule has 0 saturated carbocycles. The molecule has 0 amide bonds. The van der Waals surface area contributed by atoms with Crippen molar-refractivity contribution < 1.29 is 0 Å². The number of imidazole rings is 1. The molecule has 1 aromatic heterocycles. The monoisotopic (exact) mass is 329 g/mol. The van der Waals surface area contributed by atoms with Crippen molar-refractivity contribution in [1.82, 2.24) is 9.55 Å². The molecular weight excluding hydrogens is 314 g/mol. The molecule has 1 heterocycles. The zero-order valence-electron chi connectivity index (χ0n) is 11.1. The molecule has 0 fully saturated rings. The highest BCUT2D eigenvalue weighted by Gasteiger charge is 2.03. The third-order valence-corrected chi connectivity index (χ3v) is 4.03. The molecule has 0 bridgehead atoms. The van der Waals surface area contributed by atoms with Crippen molar-refractivity contribution in [3.05, 3.63) is 59.6 Å². The average Bonchev–Trinajstić information content (AvgIpc) is 2.99. The van der Waals surface area contributed by atoms with Crippen LogP contribution in [0.5, 0.6) is 0 Å². The Labute approximate surface area is 126 Å². The first kappa shape index (κ1) is 13.2. The molecule has 1 N–H and O–H groups in total. The predicted molar refractivity (Wildman–Crippen MR) is 87.0 cm³/mol. The standard InChI is InChI=1S/C16H16BrN3/c17-15-6-7-16(14-5-2-1-4-13(14)15)19-8-3-10-20-11-9-18-12-20/h1-2,4-7,9,11-12,19H,3,8,10H2. The molecule has 0 unspecified atom stereocenters. The number of nitrogens with zero attached hydrogens (tertiary/aromatic N) is 2. The van der Waals surface area contributed by atoms with Crippen molar-refractivity contribution in [2.75, 3.05) is 11.9 Å². The first-order valence-corrected chi connectivity index (χ1v) is 7.51. The first-order valence-electron chi connectivity index (χ1n) is 6.71. The van der Waals surface area contributed by atoms with Crippen molar-refractivity contribution in [2.45, 2.75) is 13.0 Å². The number of aryl methyl sites for hydroxylation is 1. The van der Waals surface area contributed by atoms with E-state index < -0.39 is 0 Å². The number of nitrogens with one attached hydrogen (secondary N) is 1. The van der Waals surface area contributed by atoms with Crippen LogP contribution < -0.4 is 5.32 Å². The van der Waals surface area contributed by atoms with E-state index in [1.54, 1.807) is 0 Å². The molecule has 2 aromatic carbocycles. The maximum atomic E-state index is 4.05. The van der Waals surface area contributed by atoms with Crippen LogP contribution in [-0.2, 0) is 6.54 Å². The lowest BCUT2D eigenvalue weighted by molar-refractivity contribution is 0.661. The van der Waals surface area contributed by atoms with E-state index in [-0.39, 0.29) is 0 Å². The number of hydrogen-bond acceptors (Lipinski definition) is 2. The minimum atomic E-state index is 0.948. The van der Waals surface area contributed by atoms with E-state index in [2.05, 4.69) is 67.2 Å². The molecule has 0 aliphatic heterocycles. The predicted octanol–water partition coefficient (Wildman–Crippen LogP) is 4.30. The van der Waals surface area contributed by atoms with Gasteiger partial charge >= 0.3 is 0 Å². The minimum absolute atomic E-state index is 0.948. The largest absolute Gasteiger partial charge is 0.384 e. The van der Waals surface area contributed by atoms with Crippen molar-refractivity contribution >= 4 is 32.4 Å². The topological polar surface area (TPSA) is 29.9 Å². The lowest BCUT2D eigenvalue weighted by atomic mass is 10.1. The number of aromatic nitrogens is 2. The van der Waals surface area contributed by atoms with Crippen LogP contribution in [-0.4, -0.2) is 16.1 Å². The highest BCUT2D eigenvalue weighted by Crippen LogP contribution is 2.29. The summed E-state index contributed by atoms with van der Waals surface area (Å²) in [6, 6.07) is 12.7. The van der Waals surface area contributed by atoms with Gasteiger partial charge in [-0.05, 0) is 23.9 Å². The highest BCUT2D eigenvalue weighted by atomic mass is 79.9. The molecule has 0 aliphatic rings. The van der Waals surface area contributed by atoms with Gasteiger partial charge in [0.25, 0.3) is 0 Å². The summed E-state index contributed by atoms with van der Waals surface area (Å²) in [5, 5.41) is 6.02. The van der Waals surface area contributed by atoms with Gasteiger partial charge < -0.3 is 9.88 Å². The van der Waals surface area contributed by atoms with Crippen LogP contribution in [0.25, 0.3) is 10.8 Å². The third-order valence-electron chi connectivity index (χ3n) is 3.34. The van der Waals surface area contributed by atoms with Crippen LogP contribution in [0.4, 0.5) is 5.69 Å². The normalized spacial score (nSPS) is 10.8. The SMILES string of the molecule is Brc1ccc(NCCCn2ccnc2)c2ccccc12. The summed E-state index contributed by atoms with van der Waals surface area (Å²) in [5.74, 6) is 0. The van der Waals surface area contributed by atoms with Crippen molar-refractivity contribution in [3.8, 4) is 0 Å². The minimum Gasteiger partial charge on any atom is -0.384 e. The van der Waals surface area contributed by atoms with E-state index in [4.69, 9.17) is 0 Å². The smallest absolute Gasteiger partial charge is 0.0945 e. The molecule has 102 valence electrons. The van der Waals surface area contributed by atoms with Gasteiger partial charge in [0.2, 0.25) is 0 Å². The Morgan fingerprint density at radius 3 is 2.75 bits per heavy atom. The van der Waals surface area contributed by atoms with Gasteiger partial charge in [0, 0.05) is 41.0 Å². The summed E-state index contributed by atoms with van der Waals surface area (Å²) in [6.45, 7) is 1.94. The molecule has 3 nitrogen and oxygen atoms in total. The molecule has 0 spiro atoms. The number of halogens is 1. The molecule has 0 atom stereocenters. The quantitative estimate of drug-likeness (QED) is 0.707. The second kappa shape index (κ2) is 6.09. The van der Waals surface area contributed by atoms with Gasteiger partial charge in [0.1, 0.15) is 0 Å². The van der Waals surface area contributed by atoms with Crippen molar-refractivity contribution in [3.63, 3.8) is 0 Å². The lowest BCUT2D eigenvalue weighted by Crippen LogP contribution is -2.06. The van der Waals surface area contributed by atoms with E-state index in [0.717, 1.165) is 24.0 Å². The van der Waals surface area contributed by atoms with E-state index >= 15 is 0 Å². The maximum absolute atomic E-state index is 4.05. The van der Waals surface area contributed by atoms with Crippen molar-refractivity contribution in [2.24, 2.45) is 0 Å². The highest BCUT2D eigenvalue weighted by molar-refractivity contribution is 9.10. The van der Waals surface area contributed by atoms with Crippen LogP contribution in [0.2, 0.25) is 0 Å². The molecule has 3 rings (SSSR count). The second-order valence-corrected chi connectivity index (χ2v) is 5.58. The summed E-state index contributed by atoms with van der Waals surface area (Å²) in [7, 11) is 0. The summed E-state index contributed by atoms with van der Waals surface area (Å²) < 4.78 is 3.23. The number of anilines is 1. The molecule has 4 heteroatoms. The van der Waals surface area contributed by atoms with E-state index in [9.17, 15) is 0 Å². The van der Waals surface area contributed by atoms with Gasteiger partial charge in [-0.25, -0.2) is 4.98 Å². The van der Waals surface area contributed by atoms with Gasteiger partial charge in [-0.3, -0.25) is 0 Å². The number of benzene rings is 2. The number of rotatable bonds is 5. The Bertz CT molecular complexity index is 692. The molecule has 3 aromatic rings. The van der Waals surface area contributed by atoms with Gasteiger partial charge in [-0.1, -0.05) is 40.2 Å². The Morgan fingerprint density at radius 1 is 1.10 bits per heavy atom. The van der Waals surface area contributed by atoms with Gasteiger partial charge in [0.15, 0.2) is 0 Å². The molecule has 0 radical (unpaired) electrons. The zero-order chi connectivity index (χ0) is 13.8. The van der Waals surface area contributed by atoms with Crippen LogP contribution in [0, 0.1) is 0 Å². The van der Waals surface area contributed by atoms with Crippen LogP contribution >= 0.6 is 15.9 Å². The Balaban J connectivity index is 1.67. The zero-order valence-corrected chi connectivity index (χ0v) is 12.7. The van der Waals surface area contributed by atoms with Gasteiger partial charge in [0.05, 0.1) is 6.33 Å². The third kappa shape index (κ3) is 2.85. The fourth-order valence-electron chi connectivity index (χ4n) is 2.32. The van der Waals surface area contributed by atoms with E-state index in [1.165, 1.54) is 16.5 Å². The first-order chi connectivity index (χ1) is 9.84. The Morgan fingerprint density at radius 2 is 1.95 bits per heavy atom. The van der Waals surface area contributed by atoms with E-state index in [1.807, 2.05) is 18.7 Å². The van der Waals surface area contributed by atoms with Crippen molar-refractivity contribution in [1.29, 1.82) is 0 Å². The summed E-state index contributed by atoms with van der Waals surface area (Å²) in [4.78, 5) is 4.05. The lowest BCUT2D eigenvalue weighted by Gasteiger charge is -2.11. The summed E-state index contributed by atoms with van der Waals surface area (Å²) in [6.07, 6.45) is 6.74. The molecule has 20 heavy (non-hydrogen) atoms. The molecular formula is C16H16BrN3. The average molecular weight is 330 g/mol. The van der Waals surface area contributed by atoms with Crippen LogP contribution in [0.3, 0.4) is 0 Å². The van der Waals surface area contributed by atoms with Crippen LogP contribution in [0.1, 0.15) is 6.42 Å². The second-order valence-electron chi connectivity index (χ2n) is 4.72. The number of hydrogen-bond donors (Lipinski definition) is 1.